The van der Waals surface area contributed by atoms with Crippen LogP contribution >= 0.6 is 0 Å². The van der Waals surface area contributed by atoms with Gasteiger partial charge < -0.3 is 15.4 Å². The van der Waals surface area contributed by atoms with Crippen molar-refractivity contribution in [1.29, 1.82) is 0 Å². The molecule has 0 bridgehead atoms. The fourth-order valence-corrected chi connectivity index (χ4v) is 2.38. The maximum absolute atomic E-state index is 12.2. The molecule has 6 nitrogen and oxygen atoms in total. The highest BCUT2D eigenvalue weighted by atomic mass is 16.5. The molecule has 1 saturated carbocycles. The molecule has 2 N–H and O–H groups in total. The van der Waals surface area contributed by atoms with Gasteiger partial charge >= 0.3 is 5.97 Å². The van der Waals surface area contributed by atoms with Crippen LogP contribution < -0.4 is 10.6 Å². The molecule has 1 aliphatic carbocycles. The second-order valence-corrected chi connectivity index (χ2v) is 6.98. The lowest BCUT2D eigenvalue weighted by molar-refractivity contribution is -0.126. The van der Waals surface area contributed by atoms with E-state index in [4.69, 9.17) is 4.74 Å². The molecule has 1 aromatic rings. The van der Waals surface area contributed by atoms with Gasteiger partial charge in [0.05, 0.1) is 24.0 Å². The molecule has 2 rings (SSSR count). The number of carbonyl (C=O) groups excluding carboxylic acids is 3. The molecular formula is C18H24N2O4. The number of anilines is 1. The number of hydrogen-bond donors (Lipinski definition) is 2. The Hall–Kier alpha value is -2.37. The van der Waals surface area contributed by atoms with Crippen LogP contribution in [-0.2, 0) is 14.3 Å². The molecule has 2 atom stereocenters. The molecule has 0 aliphatic heterocycles. The molecule has 6 heteroatoms. The fourth-order valence-electron chi connectivity index (χ4n) is 2.38. The molecule has 1 aliphatic rings. The summed E-state index contributed by atoms with van der Waals surface area (Å²) in [5, 5.41) is 5.67. The predicted octanol–water partition coefficient (Wildman–Crippen LogP) is 2.35. The van der Waals surface area contributed by atoms with Gasteiger partial charge in [-0.2, -0.15) is 0 Å². The summed E-state index contributed by atoms with van der Waals surface area (Å²) < 4.78 is 4.91. The lowest BCUT2D eigenvalue weighted by Crippen LogP contribution is -2.42. The zero-order valence-electron chi connectivity index (χ0n) is 14.5. The van der Waals surface area contributed by atoms with E-state index in [1.54, 1.807) is 31.2 Å². The Bertz CT molecular complexity index is 631. The number of ether oxygens (including phenoxy) is 1. The summed E-state index contributed by atoms with van der Waals surface area (Å²) in [5.74, 6) is -1.20. The van der Waals surface area contributed by atoms with Crippen molar-refractivity contribution in [3.63, 3.8) is 0 Å². The van der Waals surface area contributed by atoms with Crippen molar-refractivity contribution >= 4 is 23.5 Å². The Kier molecular flexibility index (Phi) is 5.26. The van der Waals surface area contributed by atoms with Gasteiger partial charge in [0.2, 0.25) is 11.8 Å². The van der Waals surface area contributed by atoms with Gasteiger partial charge in [-0.1, -0.05) is 0 Å². The van der Waals surface area contributed by atoms with E-state index in [0.717, 1.165) is 0 Å². The third-order valence-electron chi connectivity index (χ3n) is 3.63. The molecular weight excluding hydrogens is 308 g/mol. The van der Waals surface area contributed by atoms with Crippen LogP contribution in [0.25, 0.3) is 0 Å². The summed E-state index contributed by atoms with van der Waals surface area (Å²) in [5.41, 5.74) is 0.725. The average molecular weight is 332 g/mol. The zero-order chi connectivity index (χ0) is 17.9. The maximum atomic E-state index is 12.2. The summed E-state index contributed by atoms with van der Waals surface area (Å²) in [6.07, 6.45) is 0.564. The first-order valence-electron chi connectivity index (χ1n) is 8.11. The molecule has 2 unspecified atom stereocenters. The predicted molar refractivity (Wildman–Crippen MR) is 90.5 cm³/mol. The highest BCUT2D eigenvalue weighted by Gasteiger charge is 2.48. The summed E-state index contributed by atoms with van der Waals surface area (Å²) in [4.78, 5) is 35.8. The molecule has 0 heterocycles. The molecule has 0 spiro atoms. The number of nitrogens with one attached hydrogen (secondary N) is 2. The van der Waals surface area contributed by atoms with Crippen LogP contribution in [0.2, 0.25) is 0 Å². The Morgan fingerprint density at radius 1 is 1.08 bits per heavy atom. The third-order valence-corrected chi connectivity index (χ3v) is 3.63. The summed E-state index contributed by atoms with van der Waals surface area (Å²) in [7, 11) is 0. The van der Waals surface area contributed by atoms with E-state index in [-0.39, 0.29) is 29.2 Å². The molecule has 0 radical (unpaired) electrons. The Morgan fingerprint density at radius 2 is 1.67 bits per heavy atom. The normalized spacial score (nSPS) is 19.3. The smallest absolute Gasteiger partial charge is 0.338 e. The Labute approximate surface area is 142 Å². The molecule has 24 heavy (non-hydrogen) atoms. The number of rotatable bonds is 5. The largest absolute Gasteiger partial charge is 0.462 e. The fraction of sp³-hybridized carbons (Fsp3) is 0.500. The van der Waals surface area contributed by atoms with Gasteiger partial charge in [0.1, 0.15) is 0 Å². The Balaban J connectivity index is 1.88. The van der Waals surface area contributed by atoms with Gasteiger partial charge in [-0.25, -0.2) is 4.79 Å². The quantitative estimate of drug-likeness (QED) is 0.811. The van der Waals surface area contributed by atoms with Crippen molar-refractivity contribution in [3.8, 4) is 0 Å². The number of esters is 1. The van der Waals surface area contributed by atoms with Gasteiger partial charge in [0.25, 0.3) is 0 Å². The SMILES string of the molecule is CCOC(=O)c1ccc(NC(=O)C2CC2C(=O)NC(C)(C)C)cc1. The maximum Gasteiger partial charge on any atom is 0.338 e. The first kappa shape index (κ1) is 18.0. The van der Waals surface area contributed by atoms with Crippen molar-refractivity contribution < 1.29 is 19.1 Å². The van der Waals surface area contributed by atoms with Gasteiger partial charge in [-0.3, -0.25) is 9.59 Å². The molecule has 0 aromatic heterocycles. The average Bonchev–Trinajstić information content (AvgIpc) is 3.27. The number of hydrogen-bond acceptors (Lipinski definition) is 4. The summed E-state index contributed by atoms with van der Waals surface area (Å²) in [6.45, 7) is 7.79. The molecule has 2 amide bonds. The van der Waals surface area contributed by atoms with Crippen LogP contribution in [0.15, 0.2) is 24.3 Å². The van der Waals surface area contributed by atoms with Gasteiger partial charge in [-0.05, 0) is 58.4 Å². The third kappa shape index (κ3) is 4.81. The second-order valence-electron chi connectivity index (χ2n) is 6.98. The van der Waals surface area contributed by atoms with Gasteiger partial charge in [-0.15, -0.1) is 0 Å². The minimum absolute atomic E-state index is 0.0830. The van der Waals surface area contributed by atoms with Crippen LogP contribution in [0.4, 0.5) is 5.69 Å². The van der Waals surface area contributed by atoms with Gasteiger partial charge in [0.15, 0.2) is 0 Å². The molecule has 1 aromatic carbocycles. The summed E-state index contributed by atoms with van der Waals surface area (Å²) in [6, 6.07) is 6.50. The van der Waals surface area contributed by atoms with Crippen molar-refractivity contribution in [1.82, 2.24) is 5.32 Å². The monoisotopic (exact) mass is 332 g/mol. The summed E-state index contributed by atoms with van der Waals surface area (Å²) >= 11 is 0. The molecule has 130 valence electrons. The number of amides is 2. The van der Waals surface area contributed by atoms with E-state index >= 15 is 0 Å². The van der Waals surface area contributed by atoms with Crippen LogP contribution in [-0.4, -0.2) is 29.9 Å². The van der Waals surface area contributed by atoms with E-state index in [9.17, 15) is 14.4 Å². The van der Waals surface area contributed by atoms with E-state index < -0.39 is 5.97 Å². The second kappa shape index (κ2) is 7.03. The lowest BCUT2D eigenvalue weighted by atomic mass is 10.1. The van der Waals surface area contributed by atoms with Crippen molar-refractivity contribution in [2.75, 3.05) is 11.9 Å². The number of benzene rings is 1. The topological polar surface area (TPSA) is 84.5 Å². The van der Waals surface area contributed by atoms with Crippen LogP contribution in [0.5, 0.6) is 0 Å². The van der Waals surface area contributed by atoms with Gasteiger partial charge in [0, 0.05) is 11.2 Å². The highest BCUT2D eigenvalue weighted by molar-refractivity contribution is 6.00. The van der Waals surface area contributed by atoms with E-state index in [2.05, 4.69) is 10.6 Å². The van der Waals surface area contributed by atoms with E-state index in [1.165, 1.54) is 0 Å². The van der Waals surface area contributed by atoms with E-state index in [1.807, 2.05) is 20.8 Å². The zero-order valence-corrected chi connectivity index (χ0v) is 14.5. The van der Waals surface area contributed by atoms with Crippen LogP contribution in [0.3, 0.4) is 0 Å². The molecule has 0 saturated heterocycles. The first-order chi connectivity index (χ1) is 11.2. The van der Waals surface area contributed by atoms with E-state index in [0.29, 0.717) is 24.3 Å². The minimum atomic E-state index is -0.392. The van der Waals surface area contributed by atoms with Crippen LogP contribution in [0.1, 0.15) is 44.5 Å². The highest BCUT2D eigenvalue weighted by Crippen LogP contribution is 2.39. The number of carbonyl (C=O) groups is 3. The standard InChI is InChI=1S/C18H24N2O4/c1-5-24-17(23)11-6-8-12(9-7-11)19-15(21)13-10-14(13)16(22)20-18(2,3)4/h6-9,13-14H,5,10H2,1-4H3,(H,19,21)(H,20,22). The van der Waals surface area contributed by atoms with Crippen molar-refractivity contribution in [2.24, 2.45) is 11.8 Å². The van der Waals surface area contributed by atoms with Crippen LogP contribution in [0, 0.1) is 11.8 Å². The lowest BCUT2D eigenvalue weighted by Gasteiger charge is -2.20. The first-order valence-corrected chi connectivity index (χ1v) is 8.11. The molecule has 1 fully saturated rings. The Morgan fingerprint density at radius 3 is 2.21 bits per heavy atom. The van der Waals surface area contributed by atoms with Crippen molar-refractivity contribution in [3.05, 3.63) is 29.8 Å². The minimum Gasteiger partial charge on any atom is -0.462 e. The van der Waals surface area contributed by atoms with Crippen molar-refractivity contribution in [2.45, 2.75) is 39.7 Å².